The van der Waals surface area contributed by atoms with Crippen molar-refractivity contribution in [1.29, 1.82) is 0 Å². The third-order valence-corrected chi connectivity index (χ3v) is 13.3. The Balaban J connectivity index is 1.09. The molecule has 260 valence electrons. The van der Waals surface area contributed by atoms with Gasteiger partial charge in [0.15, 0.2) is 11.6 Å². The zero-order chi connectivity index (χ0) is 35.4. The number of nitrogens with zero attached hydrogens (tertiary/aromatic N) is 4. The number of furan rings is 1. The molecule has 4 fully saturated rings. The summed E-state index contributed by atoms with van der Waals surface area (Å²) in [5.74, 6) is 4.97. The van der Waals surface area contributed by atoms with Gasteiger partial charge in [-0.1, -0.05) is 127 Å². The van der Waals surface area contributed by atoms with Gasteiger partial charge in [-0.3, -0.25) is 4.90 Å². The first-order chi connectivity index (χ1) is 26.7. The maximum absolute atomic E-state index is 6.55. The Bertz CT molecular complexity index is 2690. The quantitative estimate of drug-likeness (QED) is 0.183. The standard InChI is InChI=1S/C49H38N4O/c1-2-13-32(14-3-1)46-50-47(39-17-5-4-15-35(39)37-18-12-19-38-36-16-6-11-24-44(36)54-45(37)38)52-48(51-46)53-42-22-9-7-20-40(42)49(41-21-8-10-23-43(41)53)33-26-30-25-31(28-33)29-34(49)27-30/h1-24,30-31,33-34H,25-29H2. The van der Waals surface area contributed by atoms with Crippen molar-refractivity contribution >= 4 is 39.3 Å². The lowest BCUT2D eigenvalue weighted by Gasteiger charge is -2.64. The molecule has 5 heteroatoms. The zero-order valence-corrected chi connectivity index (χ0v) is 29.9. The fraction of sp³-hybridized carbons (Fsp3) is 0.204. The Morgan fingerprint density at radius 1 is 0.481 bits per heavy atom. The van der Waals surface area contributed by atoms with Crippen molar-refractivity contribution in [2.24, 2.45) is 23.7 Å². The molecule has 5 aliphatic rings. The van der Waals surface area contributed by atoms with Crippen LogP contribution in [0.5, 0.6) is 0 Å². The van der Waals surface area contributed by atoms with Gasteiger partial charge in [-0.15, -0.1) is 0 Å². The molecule has 1 aliphatic heterocycles. The largest absolute Gasteiger partial charge is 0.455 e. The minimum absolute atomic E-state index is 0.00704. The SMILES string of the molecule is c1ccc(-c2nc(-c3ccccc3-c3cccc4c3oc3ccccc34)nc(N3c4ccccc4C4(c5ccccc53)C3CC5CC(C3)CC4C5)n2)cc1. The van der Waals surface area contributed by atoms with Gasteiger partial charge < -0.3 is 4.42 Å². The van der Waals surface area contributed by atoms with E-state index in [0.717, 1.165) is 56.0 Å². The number of fused-ring (bicyclic) bond motifs is 5. The van der Waals surface area contributed by atoms with Gasteiger partial charge in [0.2, 0.25) is 5.95 Å². The van der Waals surface area contributed by atoms with Crippen molar-refractivity contribution in [3.63, 3.8) is 0 Å². The lowest BCUT2D eigenvalue weighted by atomic mass is 9.41. The van der Waals surface area contributed by atoms with E-state index in [-0.39, 0.29) is 5.41 Å². The van der Waals surface area contributed by atoms with Gasteiger partial charge in [0.05, 0.1) is 11.4 Å². The third-order valence-electron chi connectivity index (χ3n) is 13.3. The molecule has 2 aromatic heterocycles. The molecule has 0 radical (unpaired) electrons. The molecule has 4 aliphatic carbocycles. The maximum Gasteiger partial charge on any atom is 0.238 e. The highest BCUT2D eigenvalue weighted by Gasteiger charge is 2.61. The maximum atomic E-state index is 6.55. The number of rotatable bonds is 4. The molecule has 0 atom stereocenters. The summed E-state index contributed by atoms with van der Waals surface area (Å²) in [5, 5.41) is 2.21. The van der Waals surface area contributed by atoms with Crippen molar-refractivity contribution in [2.45, 2.75) is 37.5 Å². The van der Waals surface area contributed by atoms with Crippen molar-refractivity contribution in [3.05, 3.63) is 157 Å². The van der Waals surface area contributed by atoms with E-state index in [4.69, 9.17) is 19.4 Å². The molecule has 0 unspecified atom stereocenters. The van der Waals surface area contributed by atoms with Crippen LogP contribution in [0.25, 0.3) is 55.8 Å². The Labute approximate surface area is 314 Å². The highest BCUT2D eigenvalue weighted by atomic mass is 16.3. The molecular formula is C49H38N4O. The Kier molecular flexibility index (Phi) is 6.45. The number of aromatic nitrogens is 3. The second kappa shape index (κ2) is 11.5. The molecular weight excluding hydrogens is 661 g/mol. The first kappa shape index (κ1) is 30.4. The van der Waals surface area contributed by atoms with Gasteiger partial charge in [-0.2, -0.15) is 9.97 Å². The van der Waals surface area contributed by atoms with Gasteiger partial charge in [0, 0.05) is 32.9 Å². The molecule has 5 nitrogen and oxygen atoms in total. The van der Waals surface area contributed by atoms with Gasteiger partial charge in [-0.05, 0) is 90.7 Å². The van der Waals surface area contributed by atoms with E-state index >= 15 is 0 Å². The number of para-hydroxylation sites is 4. The summed E-state index contributed by atoms with van der Waals surface area (Å²) < 4.78 is 6.55. The number of hydrogen-bond acceptors (Lipinski definition) is 5. The molecule has 0 saturated heterocycles. The molecule has 0 amide bonds. The predicted octanol–water partition coefficient (Wildman–Crippen LogP) is 12.3. The fourth-order valence-electron chi connectivity index (χ4n) is 11.5. The van der Waals surface area contributed by atoms with Crippen molar-refractivity contribution in [2.75, 3.05) is 4.90 Å². The van der Waals surface area contributed by atoms with Crippen LogP contribution in [0.2, 0.25) is 0 Å². The molecule has 3 heterocycles. The van der Waals surface area contributed by atoms with Crippen molar-refractivity contribution < 1.29 is 4.42 Å². The first-order valence-corrected chi connectivity index (χ1v) is 19.5. The van der Waals surface area contributed by atoms with Gasteiger partial charge in [0.25, 0.3) is 0 Å². The van der Waals surface area contributed by atoms with Crippen LogP contribution in [0.1, 0.15) is 43.2 Å². The smallest absolute Gasteiger partial charge is 0.238 e. The Hall–Kier alpha value is -6.07. The first-order valence-electron chi connectivity index (χ1n) is 19.5. The molecule has 8 aromatic rings. The van der Waals surface area contributed by atoms with Crippen LogP contribution < -0.4 is 4.90 Å². The summed E-state index contributed by atoms with van der Waals surface area (Å²) in [5.41, 5.74) is 10.9. The van der Waals surface area contributed by atoms with Gasteiger partial charge in [-0.25, -0.2) is 4.98 Å². The topological polar surface area (TPSA) is 55.1 Å². The molecule has 6 aromatic carbocycles. The summed E-state index contributed by atoms with van der Waals surface area (Å²) >= 11 is 0. The zero-order valence-electron chi connectivity index (χ0n) is 29.9. The summed E-state index contributed by atoms with van der Waals surface area (Å²) in [6.45, 7) is 0. The lowest BCUT2D eigenvalue weighted by molar-refractivity contribution is -0.0419. The lowest BCUT2D eigenvalue weighted by Crippen LogP contribution is -2.57. The molecule has 54 heavy (non-hydrogen) atoms. The van der Waals surface area contributed by atoms with Crippen molar-refractivity contribution in [3.8, 4) is 33.9 Å². The van der Waals surface area contributed by atoms with Gasteiger partial charge >= 0.3 is 0 Å². The molecule has 13 rings (SSSR count). The normalized spacial score (nSPS) is 21.8. The van der Waals surface area contributed by atoms with E-state index in [1.165, 1.54) is 54.6 Å². The molecule has 4 saturated carbocycles. The van der Waals surface area contributed by atoms with Crippen molar-refractivity contribution in [1.82, 2.24) is 15.0 Å². The second-order valence-corrected chi connectivity index (χ2v) is 16.0. The van der Waals surface area contributed by atoms with Crippen LogP contribution in [-0.2, 0) is 5.41 Å². The second-order valence-electron chi connectivity index (χ2n) is 16.0. The van der Waals surface area contributed by atoms with Crippen LogP contribution in [0.15, 0.2) is 150 Å². The fourth-order valence-corrected chi connectivity index (χ4v) is 11.5. The number of hydrogen-bond donors (Lipinski definition) is 0. The van der Waals surface area contributed by atoms with Crippen LogP contribution in [0, 0.1) is 23.7 Å². The molecule has 0 N–H and O–H groups in total. The Morgan fingerprint density at radius 2 is 1.06 bits per heavy atom. The van der Waals surface area contributed by atoms with Crippen LogP contribution >= 0.6 is 0 Å². The van der Waals surface area contributed by atoms with Crippen LogP contribution in [-0.4, -0.2) is 15.0 Å². The number of anilines is 3. The summed E-state index contributed by atoms with van der Waals surface area (Å²) in [4.78, 5) is 18.4. The average Bonchev–Trinajstić information content (AvgIpc) is 3.61. The van der Waals surface area contributed by atoms with E-state index in [1.54, 1.807) is 0 Å². The van der Waals surface area contributed by atoms with E-state index < -0.39 is 0 Å². The predicted molar refractivity (Wildman–Crippen MR) is 216 cm³/mol. The minimum atomic E-state index is 0.00704. The monoisotopic (exact) mass is 698 g/mol. The average molecular weight is 699 g/mol. The van der Waals surface area contributed by atoms with E-state index in [1.807, 2.05) is 18.2 Å². The Morgan fingerprint density at radius 3 is 1.80 bits per heavy atom. The summed E-state index contributed by atoms with van der Waals surface area (Å²) in [6, 6.07) is 51.8. The van der Waals surface area contributed by atoms with Crippen LogP contribution in [0.4, 0.5) is 17.3 Å². The molecule has 4 bridgehead atoms. The molecule has 1 spiro atoms. The van der Waals surface area contributed by atoms with E-state index in [9.17, 15) is 0 Å². The summed E-state index contributed by atoms with van der Waals surface area (Å²) in [6.07, 6.45) is 6.76. The third kappa shape index (κ3) is 4.24. The van der Waals surface area contributed by atoms with Gasteiger partial charge in [0.1, 0.15) is 11.2 Å². The van der Waals surface area contributed by atoms with Crippen LogP contribution in [0.3, 0.4) is 0 Å². The van der Waals surface area contributed by atoms with E-state index in [2.05, 4.69) is 132 Å². The van der Waals surface area contributed by atoms with E-state index in [0.29, 0.717) is 29.4 Å². The highest BCUT2D eigenvalue weighted by molar-refractivity contribution is 6.10. The summed E-state index contributed by atoms with van der Waals surface area (Å²) in [7, 11) is 0. The highest BCUT2D eigenvalue weighted by Crippen LogP contribution is 2.69. The number of benzene rings is 6. The minimum Gasteiger partial charge on any atom is -0.455 e.